The van der Waals surface area contributed by atoms with Gasteiger partial charge >= 0.3 is 0 Å². The van der Waals surface area contributed by atoms with Crippen LogP contribution in [-0.4, -0.2) is 23.1 Å². The van der Waals surface area contributed by atoms with Crippen molar-refractivity contribution in [2.75, 3.05) is 6.26 Å². The number of thioether (sulfide) groups is 1. The first-order valence-electron chi connectivity index (χ1n) is 7.40. The average molecular weight is 329 g/mol. The molecule has 1 saturated carbocycles. The fourth-order valence-electron chi connectivity index (χ4n) is 2.33. The van der Waals surface area contributed by atoms with E-state index in [2.05, 4.69) is 47.3 Å². The molecule has 0 aliphatic heterocycles. The van der Waals surface area contributed by atoms with E-state index in [1.807, 2.05) is 11.0 Å². The maximum Gasteiger partial charge on any atom is 0.247 e. The second kappa shape index (κ2) is 7.16. The molecule has 0 N–H and O–H groups in total. The molecular weight excluding hydrogens is 310 g/mol. The minimum Gasteiger partial charge on any atom is -0.332 e. The molecule has 0 radical (unpaired) electrons. The molecule has 1 amide bonds. The summed E-state index contributed by atoms with van der Waals surface area (Å²) >= 11 is 3.40. The van der Waals surface area contributed by atoms with Crippen molar-refractivity contribution in [3.8, 4) is 0 Å². The van der Waals surface area contributed by atoms with Crippen LogP contribution in [0.4, 0.5) is 0 Å². The van der Waals surface area contributed by atoms with Crippen molar-refractivity contribution in [2.24, 2.45) is 0 Å². The number of rotatable bonds is 6. The van der Waals surface area contributed by atoms with Crippen molar-refractivity contribution in [3.63, 3.8) is 0 Å². The van der Waals surface area contributed by atoms with Crippen LogP contribution in [0.3, 0.4) is 0 Å². The SMILES string of the molecule is CSc1ccc(/C=C/C(=O)N(Cc2ccsc2)C2CC2)cc1. The third-order valence-corrected chi connectivity index (χ3v) is 5.21. The molecule has 0 spiro atoms. The first kappa shape index (κ1) is 15.4. The maximum absolute atomic E-state index is 12.5. The van der Waals surface area contributed by atoms with Crippen molar-refractivity contribution in [3.05, 3.63) is 58.3 Å². The number of amides is 1. The van der Waals surface area contributed by atoms with Crippen molar-refractivity contribution < 1.29 is 4.79 Å². The van der Waals surface area contributed by atoms with E-state index in [-0.39, 0.29) is 5.91 Å². The highest BCUT2D eigenvalue weighted by Gasteiger charge is 2.31. The van der Waals surface area contributed by atoms with Crippen molar-refractivity contribution in [1.29, 1.82) is 0 Å². The molecule has 22 heavy (non-hydrogen) atoms. The predicted molar refractivity (Wildman–Crippen MR) is 95.1 cm³/mol. The Morgan fingerprint density at radius 2 is 2.09 bits per heavy atom. The Labute approximate surface area is 139 Å². The molecule has 2 nitrogen and oxygen atoms in total. The smallest absolute Gasteiger partial charge is 0.247 e. The van der Waals surface area contributed by atoms with Crippen LogP contribution in [0.25, 0.3) is 6.08 Å². The minimum absolute atomic E-state index is 0.114. The lowest BCUT2D eigenvalue weighted by Gasteiger charge is -2.20. The fourth-order valence-corrected chi connectivity index (χ4v) is 3.40. The molecular formula is C18H19NOS2. The molecule has 114 valence electrons. The minimum atomic E-state index is 0.114. The monoisotopic (exact) mass is 329 g/mol. The molecule has 0 bridgehead atoms. The number of thiophene rings is 1. The van der Waals surface area contributed by atoms with Gasteiger partial charge in [-0.05, 0) is 65.3 Å². The molecule has 1 heterocycles. The highest BCUT2D eigenvalue weighted by Crippen LogP contribution is 2.29. The Balaban J connectivity index is 1.66. The number of carbonyl (C=O) groups excluding carboxylic acids is 1. The lowest BCUT2D eigenvalue weighted by atomic mass is 10.2. The van der Waals surface area contributed by atoms with E-state index in [1.165, 1.54) is 10.5 Å². The Hall–Kier alpha value is -1.52. The van der Waals surface area contributed by atoms with Gasteiger partial charge in [0.05, 0.1) is 0 Å². The van der Waals surface area contributed by atoms with Crippen LogP contribution in [0.5, 0.6) is 0 Å². The van der Waals surface area contributed by atoms with Gasteiger partial charge in [-0.25, -0.2) is 0 Å². The van der Waals surface area contributed by atoms with Gasteiger partial charge in [-0.2, -0.15) is 11.3 Å². The van der Waals surface area contributed by atoms with Crippen LogP contribution >= 0.6 is 23.1 Å². The van der Waals surface area contributed by atoms with Gasteiger partial charge in [0.1, 0.15) is 0 Å². The highest BCUT2D eigenvalue weighted by atomic mass is 32.2. The molecule has 0 unspecified atom stereocenters. The van der Waals surface area contributed by atoms with Crippen LogP contribution in [0.15, 0.2) is 52.1 Å². The molecule has 1 aromatic carbocycles. The molecule has 1 aromatic heterocycles. The van der Waals surface area contributed by atoms with E-state index >= 15 is 0 Å². The fraction of sp³-hybridized carbons (Fsp3) is 0.278. The largest absolute Gasteiger partial charge is 0.332 e. The zero-order valence-electron chi connectivity index (χ0n) is 12.6. The number of carbonyl (C=O) groups is 1. The topological polar surface area (TPSA) is 20.3 Å². The van der Waals surface area contributed by atoms with Crippen LogP contribution < -0.4 is 0 Å². The van der Waals surface area contributed by atoms with Gasteiger partial charge in [0.2, 0.25) is 5.91 Å². The lowest BCUT2D eigenvalue weighted by Crippen LogP contribution is -2.30. The third-order valence-electron chi connectivity index (χ3n) is 3.74. The maximum atomic E-state index is 12.5. The van der Waals surface area contributed by atoms with Gasteiger partial charge in [0.25, 0.3) is 0 Å². The van der Waals surface area contributed by atoms with Gasteiger partial charge in [0.15, 0.2) is 0 Å². The summed E-state index contributed by atoms with van der Waals surface area (Å²) in [6, 6.07) is 10.8. The Morgan fingerprint density at radius 3 is 2.68 bits per heavy atom. The first-order chi connectivity index (χ1) is 10.8. The number of hydrogen-bond donors (Lipinski definition) is 0. The number of hydrogen-bond acceptors (Lipinski definition) is 3. The van der Waals surface area contributed by atoms with Crippen molar-refractivity contribution in [2.45, 2.75) is 30.3 Å². The summed E-state index contributed by atoms with van der Waals surface area (Å²) in [6.45, 7) is 0.725. The summed E-state index contributed by atoms with van der Waals surface area (Å²) < 4.78 is 0. The van der Waals surface area contributed by atoms with Gasteiger partial charge in [-0.3, -0.25) is 4.79 Å². The van der Waals surface area contributed by atoms with E-state index in [9.17, 15) is 4.79 Å². The van der Waals surface area contributed by atoms with Gasteiger partial charge in [-0.15, -0.1) is 11.8 Å². The Morgan fingerprint density at radius 1 is 1.32 bits per heavy atom. The van der Waals surface area contributed by atoms with Crippen LogP contribution in [-0.2, 0) is 11.3 Å². The van der Waals surface area contributed by atoms with Crippen molar-refractivity contribution in [1.82, 2.24) is 4.90 Å². The molecule has 0 saturated heterocycles. The summed E-state index contributed by atoms with van der Waals surface area (Å²) in [5, 5.41) is 4.18. The van der Waals surface area contributed by atoms with E-state index in [0.717, 1.165) is 24.9 Å². The average Bonchev–Trinajstić information content (AvgIpc) is 3.27. The normalized spacial score (nSPS) is 14.4. The quantitative estimate of drug-likeness (QED) is 0.567. The van der Waals surface area contributed by atoms with Crippen LogP contribution in [0.1, 0.15) is 24.0 Å². The second-order valence-corrected chi connectivity index (χ2v) is 7.10. The molecule has 3 rings (SSSR count). The number of nitrogens with zero attached hydrogens (tertiary/aromatic N) is 1. The van der Waals surface area contributed by atoms with E-state index in [1.54, 1.807) is 29.2 Å². The lowest BCUT2D eigenvalue weighted by molar-refractivity contribution is -0.127. The van der Waals surface area contributed by atoms with E-state index < -0.39 is 0 Å². The zero-order valence-corrected chi connectivity index (χ0v) is 14.2. The predicted octanol–water partition coefficient (Wildman–Crippen LogP) is 4.67. The third kappa shape index (κ3) is 4.02. The molecule has 1 aliphatic rings. The molecule has 1 fully saturated rings. The molecule has 4 heteroatoms. The van der Waals surface area contributed by atoms with E-state index in [0.29, 0.717) is 6.04 Å². The summed E-state index contributed by atoms with van der Waals surface area (Å²) in [7, 11) is 0. The van der Waals surface area contributed by atoms with Gasteiger partial charge in [-0.1, -0.05) is 12.1 Å². The Kier molecular flexibility index (Phi) is 5.01. The van der Waals surface area contributed by atoms with Crippen LogP contribution in [0, 0.1) is 0 Å². The standard InChI is InChI=1S/C18H19NOS2/c1-21-17-7-2-14(3-8-17)4-9-18(20)19(16-5-6-16)12-15-10-11-22-13-15/h2-4,7-11,13,16H,5-6,12H2,1H3/b9-4+. The summed E-state index contributed by atoms with van der Waals surface area (Å²) in [4.78, 5) is 15.7. The summed E-state index contributed by atoms with van der Waals surface area (Å²) in [5.74, 6) is 0.114. The first-order valence-corrected chi connectivity index (χ1v) is 9.57. The van der Waals surface area contributed by atoms with Crippen molar-refractivity contribution >= 4 is 35.1 Å². The van der Waals surface area contributed by atoms with Gasteiger partial charge in [0, 0.05) is 23.6 Å². The highest BCUT2D eigenvalue weighted by molar-refractivity contribution is 7.98. The summed E-state index contributed by atoms with van der Waals surface area (Å²) in [6.07, 6.45) is 7.94. The molecule has 1 aliphatic carbocycles. The van der Waals surface area contributed by atoms with E-state index in [4.69, 9.17) is 0 Å². The second-order valence-electron chi connectivity index (χ2n) is 5.44. The molecule has 2 aromatic rings. The van der Waals surface area contributed by atoms with Gasteiger partial charge < -0.3 is 4.90 Å². The van der Waals surface area contributed by atoms with Crippen LogP contribution in [0.2, 0.25) is 0 Å². The Bertz CT molecular complexity index is 642. The number of benzene rings is 1. The molecule has 0 atom stereocenters. The zero-order chi connectivity index (χ0) is 15.4. The summed E-state index contributed by atoms with van der Waals surface area (Å²) in [5.41, 5.74) is 2.29.